The quantitative estimate of drug-likeness (QED) is 0.761. The molecule has 124 valence electrons. The third kappa shape index (κ3) is 4.12. The first-order valence-corrected chi connectivity index (χ1v) is 9.27. The van der Waals surface area contributed by atoms with Gasteiger partial charge in [-0.1, -0.05) is 51.4 Å². The number of nitrogens with zero attached hydrogens (tertiary/aromatic N) is 2. The molecule has 1 aromatic heterocycles. The molecule has 1 amide bonds. The molecule has 3 nitrogen and oxygen atoms in total. The predicted molar refractivity (Wildman–Crippen MR) is 97.9 cm³/mol. The molecule has 0 aliphatic carbocycles. The first-order chi connectivity index (χ1) is 11.0. The van der Waals surface area contributed by atoms with E-state index in [0.29, 0.717) is 6.54 Å². The molecule has 3 rings (SSSR count). The van der Waals surface area contributed by atoms with E-state index in [4.69, 9.17) is 16.6 Å². The number of aromatic nitrogens is 1. The second kappa shape index (κ2) is 7.93. The van der Waals surface area contributed by atoms with Gasteiger partial charge in [-0.2, -0.15) is 0 Å². The first-order valence-electron chi connectivity index (χ1n) is 8.08. The SMILES string of the molecule is CC.CC(C)C(=O)N1CCc2nc(-c3ccc(Cl)cc3)sc2C1. The molecule has 2 heterocycles. The number of thiazole rings is 1. The lowest BCUT2D eigenvalue weighted by atomic mass is 10.1. The lowest BCUT2D eigenvalue weighted by Crippen LogP contribution is -2.37. The summed E-state index contributed by atoms with van der Waals surface area (Å²) in [4.78, 5) is 20.0. The average molecular weight is 351 g/mol. The smallest absolute Gasteiger partial charge is 0.225 e. The highest BCUT2D eigenvalue weighted by atomic mass is 35.5. The number of carbonyl (C=O) groups excluding carboxylic acids is 1. The average Bonchev–Trinajstić information content (AvgIpc) is 2.99. The topological polar surface area (TPSA) is 33.2 Å². The van der Waals surface area contributed by atoms with Crippen LogP contribution in [0.2, 0.25) is 5.02 Å². The van der Waals surface area contributed by atoms with Crippen molar-refractivity contribution in [3.05, 3.63) is 39.9 Å². The van der Waals surface area contributed by atoms with Crippen molar-refractivity contribution in [3.8, 4) is 10.6 Å². The van der Waals surface area contributed by atoms with Crippen LogP contribution in [0.25, 0.3) is 10.6 Å². The lowest BCUT2D eigenvalue weighted by molar-refractivity contribution is -0.135. The van der Waals surface area contributed by atoms with E-state index in [1.165, 1.54) is 4.88 Å². The number of amides is 1. The summed E-state index contributed by atoms with van der Waals surface area (Å²) in [6, 6.07) is 7.74. The molecule has 0 fully saturated rings. The van der Waals surface area contributed by atoms with Crippen LogP contribution in [0.3, 0.4) is 0 Å². The van der Waals surface area contributed by atoms with Gasteiger partial charge >= 0.3 is 0 Å². The molecule has 1 aliphatic heterocycles. The van der Waals surface area contributed by atoms with Gasteiger partial charge in [0.05, 0.1) is 12.2 Å². The molecule has 23 heavy (non-hydrogen) atoms. The Labute approximate surface area is 147 Å². The first kappa shape index (κ1) is 18.0. The zero-order valence-corrected chi connectivity index (χ0v) is 15.7. The molecule has 0 saturated carbocycles. The Bertz CT molecular complexity index is 664. The van der Waals surface area contributed by atoms with Crippen molar-refractivity contribution in [2.24, 2.45) is 5.92 Å². The monoisotopic (exact) mass is 350 g/mol. The van der Waals surface area contributed by atoms with Crippen LogP contribution in [0, 0.1) is 5.92 Å². The summed E-state index contributed by atoms with van der Waals surface area (Å²) in [5, 5.41) is 1.74. The number of benzene rings is 1. The Morgan fingerprint density at radius 2 is 1.91 bits per heavy atom. The Kier molecular flexibility index (Phi) is 6.19. The maximum Gasteiger partial charge on any atom is 0.225 e. The summed E-state index contributed by atoms with van der Waals surface area (Å²) in [5.74, 6) is 0.275. The maximum atomic E-state index is 12.1. The summed E-state index contributed by atoms with van der Waals surface area (Å²) in [6.45, 7) is 9.36. The molecule has 0 unspecified atom stereocenters. The predicted octanol–water partition coefficient (Wildman–Crippen LogP) is 5.03. The zero-order chi connectivity index (χ0) is 17.0. The number of rotatable bonds is 2. The second-order valence-corrected chi connectivity index (χ2v) is 7.08. The van der Waals surface area contributed by atoms with E-state index < -0.39 is 0 Å². The highest BCUT2D eigenvalue weighted by Gasteiger charge is 2.25. The van der Waals surface area contributed by atoms with E-state index in [2.05, 4.69) is 0 Å². The fraction of sp³-hybridized carbons (Fsp3) is 0.444. The highest BCUT2D eigenvalue weighted by Crippen LogP contribution is 2.32. The largest absolute Gasteiger partial charge is 0.337 e. The van der Waals surface area contributed by atoms with Crippen LogP contribution < -0.4 is 0 Å². The molecule has 0 spiro atoms. The fourth-order valence-corrected chi connectivity index (χ4v) is 3.72. The Balaban J connectivity index is 0.000000924. The van der Waals surface area contributed by atoms with E-state index in [1.54, 1.807) is 11.3 Å². The van der Waals surface area contributed by atoms with Crippen molar-refractivity contribution in [3.63, 3.8) is 0 Å². The Morgan fingerprint density at radius 1 is 1.26 bits per heavy atom. The number of hydrogen-bond acceptors (Lipinski definition) is 3. The number of halogens is 1. The van der Waals surface area contributed by atoms with Crippen molar-refractivity contribution < 1.29 is 4.79 Å². The van der Waals surface area contributed by atoms with Crippen molar-refractivity contribution in [1.82, 2.24) is 9.88 Å². The van der Waals surface area contributed by atoms with Crippen molar-refractivity contribution in [2.45, 2.75) is 40.7 Å². The van der Waals surface area contributed by atoms with Crippen LogP contribution in [0.15, 0.2) is 24.3 Å². The van der Waals surface area contributed by atoms with E-state index >= 15 is 0 Å². The van der Waals surface area contributed by atoms with Gasteiger partial charge in [0.15, 0.2) is 0 Å². The van der Waals surface area contributed by atoms with Gasteiger partial charge in [0.1, 0.15) is 5.01 Å². The summed E-state index contributed by atoms with van der Waals surface area (Å²) >= 11 is 7.60. The van der Waals surface area contributed by atoms with Crippen LogP contribution in [0.5, 0.6) is 0 Å². The van der Waals surface area contributed by atoms with Gasteiger partial charge < -0.3 is 4.90 Å². The summed E-state index contributed by atoms with van der Waals surface area (Å²) < 4.78 is 0. The van der Waals surface area contributed by atoms with Crippen LogP contribution >= 0.6 is 22.9 Å². The minimum atomic E-state index is 0.0511. The van der Waals surface area contributed by atoms with Crippen LogP contribution in [-0.2, 0) is 17.8 Å². The third-order valence-electron chi connectivity index (χ3n) is 3.63. The van der Waals surface area contributed by atoms with E-state index in [0.717, 1.165) is 34.3 Å². The van der Waals surface area contributed by atoms with Gasteiger partial charge in [0.25, 0.3) is 0 Å². The molecule has 0 bridgehead atoms. The molecular weight excluding hydrogens is 328 g/mol. The molecule has 0 radical (unpaired) electrons. The normalized spacial score (nSPS) is 13.4. The van der Waals surface area contributed by atoms with Gasteiger partial charge in [0.2, 0.25) is 5.91 Å². The molecule has 0 N–H and O–H groups in total. The van der Waals surface area contributed by atoms with E-state index in [9.17, 15) is 4.79 Å². The highest BCUT2D eigenvalue weighted by molar-refractivity contribution is 7.15. The van der Waals surface area contributed by atoms with E-state index in [-0.39, 0.29) is 11.8 Å². The molecule has 0 saturated heterocycles. The van der Waals surface area contributed by atoms with Gasteiger partial charge in [-0.15, -0.1) is 11.3 Å². The van der Waals surface area contributed by atoms with Gasteiger partial charge in [-0.05, 0) is 12.1 Å². The summed E-state index contributed by atoms with van der Waals surface area (Å²) in [5.41, 5.74) is 2.22. The molecule has 2 aromatic rings. The van der Waals surface area contributed by atoms with Gasteiger partial charge in [0, 0.05) is 34.3 Å². The molecular formula is C18H23ClN2OS. The zero-order valence-electron chi connectivity index (χ0n) is 14.1. The lowest BCUT2D eigenvalue weighted by Gasteiger charge is -2.27. The van der Waals surface area contributed by atoms with Gasteiger partial charge in [-0.25, -0.2) is 4.98 Å². The molecule has 1 aromatic carbocycles. The minimum Gasteiger partial charge on any atom is -0.337 e. The van der Waals surface area contributed by atoms with Crippen molar-refractivity contribution in [2.75, 3.05) is 6.54 Å². The van der Waals surface area contributed by atoms with E-state index in [1.807, 2.05) is 56.9 Å². The standard InChI is InChI=1S/C16H17ClN2OS.C2H6/c1-10(2)16(20)19-8-7-13-14(9-19)21-15(18-13)11-3-5-12(17)6-4-11;1-2/h3-6,10H,7-9H2,1-2H3;1-2H3. The maximum absolute atomic E-state index is 12.1. The summed E-state index contributed by atoms with van der Waals surface area (Å²) in [6.07, 6.45) is 0.845. The fourth-order valence-electron chi connectivity index (χ4n) is 2.46. The Morgan fingerprint density at radius 3 is 2.52 bits per heavy atom. The Hall–Kier alpha value is -1.39. The molecule has 0 atom stereocenters. The number of carbonyl (C=O) groups is 1. The number of fused-ring (bicyclic) bond motifs is 1. The van der Waals surface area contributed by atoms with Crippen LogP contribution in [-0.4, -0.2) is 22.3 Å². The van der Waals surface area contributed by atoms with Gasteiger partial charge in [-0.3, -0.25) is 4.79 Å². The van der Waals surface area contributed by atoms with Crippen molar-refractivity contribution in [1.29, 1.82) is 0 Å². The van der Waals surface area contributed by atoms with Crippen LogP contribution in [0.4, 0.5) is 0 Å². The molecule has 1 aliphatic rings. The van der Waals surface area contributed by atoms with Crippen LogP contribution in [0.1, 0.15) is 38.3 Å². The number of hydrogen-bond donors (Lipinski definition) is 0. The second-order valence-electron chi connectivity index (χ2n) is 5.56. The molecule has 5 heteroatoms. The minimum absolute atomic E-state index is 0.0511. The van der Waals surface area contributed by atoms with Crippen molar-refractivity contribution >= 4 is 28.8 Å². The third-order valence-corrected chi connectivity index (χ3v) is 5.01. The summed E-state index contributed by atoms with van der Waals surface area (Å²) in [7, 11) is 0.